The molecule has 0 saturated carbocycles. The van der Waals surface area contributed by atoms with Crippen molar-refractivity contribution < 1.29 is 13.9 Å². The summed E-state index contributed by atoms with van der Waals surface area (Å²) in [7, 11) is 1.96. The van der Waals surface area contributed by atoms with Crippen LogP contribution in [-0.4, -0.2) is 57.2 Å². The number of ether oxygens (including phenoxy) is 1. The summed E-state index contributed by atoms with van der Waals surface area (Å²) in [6.45, 7) is 11.9. The average Bonchev–Trinajstić information content (AvgIpc) is 3.02. The van der Waals surface area contributed by atoms with Crippen LogP contribution in [0, 0.1) is 5.82 Å². The fraction of sp³-hybridized carbons (Fsp3) is 0.409. The lowest BCUT2D eigenvalue weighted by Gasteiger charge is -2.35. The van der Waals surface area contributed by atoms with Crippen molar-refractivity contribution in [1.82, 2.24) is 15.5 Å². The summed E-state index contributed by atoms with van der Waals surface area (Å²) in [4.78, 5) is 12.9. The number of nitrogens with zero attached hydrogens (tertiary/aromatic N) is 1. The number of carbonyl (C=O) groups is 1. The molecule has 28 heavy (non-hydrogen) atoms. The van der Waals surface area contributed by atoms with Gasteiger partial charge in [0.1, 0.15) is 5.82 Å². The lowest BCUT2D eigenvalue weighted by molar-refractivity contribution is -0.119. The molecule has 1 amide bonds. The molecule has 2 aliphatic heterocycles. The number of halogens is 1. The van der Waals surface area contributed by atoms with Crippen molar-refractivity contribution in [3.63, 3.8) is 0 Å². The summed E-state index contributed by atoms with van der Waals surface area (Å²) in [5.74, 6) is -0.287. The predicted octanol–water partition coefficient (Wildman–Crippen LogP) is 2.59. The minimum absolute atomic E-state index is 0.211. The van der Waals surface area contributed by atoms with Crippen LogP contribution >= 0.6 is 0 Å². The van der Waals surface area contributed by atoms with E-state index in [1.54, 1.807) is 29.2 Å². The molecule has 6 heteroatoms. The molecule has 2 aliphatic rings. The molecule has 1 fully saturated rings. The third-order valence-corrected chi connectivity index (χ3v) is 4.97. The first kappa shape index (κ1) is 22.0. The van der Waals surface area contributed by atoms with Gasteiger partial charge < -0.3 is 20.3 Å². The van der Waals surface area contributed by atoms with E-state index in [1.807, 2.05) is 7.05 Å². The van der Waals surface area contributed by atoms with Crippen LogP contribution in [0.3, 0.4) is 0 Å². The van der Waals surface area contributed by atoms with Gasteiger partial charge in [-0.3, -0.25) is 4.79 Å². The van der Waals surface area contributed by atoms with Gasteiger partial charge in [-0.25, -0.2) is 4.39 Å². The summed E-state index contributed by atoms with van der Waals surface area (Å²) in [5.41, 5.74) is 2.92. The van der Waals surface area contributed by atoms with E-state index in [0.29, 0.717) is 12.6 Å². The Labute approximate surface area is 166 Å². The zero-order valence-corrected chi connectivity index (χ0v) is 16.5. The van der Waals surface area contributed by atoms with Gasteiger partial charge in [0.25, 0.3) is 0 Å². The molecule has 5 nitrogen and oxygen atoms in total. The maximum Gasteiger partial charge on any atom is 0.210 e. The first-order chi connectivity index (χ1) is 13.6. The van der Waals surface area contributed by atoms with Crippen molar-refractivity contribution in [1.29, 1.82) is 0 Å². The number of hydrogen-bond acceptors (Lipinski definition) is 4. The molecule has 0 bridgehead atoms. The second kappa shape index (κ2) is 11.5. The highest BCUT2D eigenvalue weighted by Gasteiger charge is 2.27. The highest BCUT2D eigenvalue weighted by molar-refractivity contribution is 5.55. The van der Waals surface area contributed by atoms with Crippen LogP contribution in [0.15, 0.2) is 60.7 Å². The third kappa shape index (κ3) is 5.86. The fourth-order valence-corrected chi connectivity index (χ4v) is 3.36. The second-order valence-corrected chi connectivity index (χ2v) is 6.70. The quantitative estimate of drug-likeness (QED) is 0.763. The number of allylic oxidation sites excluding steroid dienone is 1. The third-order valence-electron chi connectivity index (χ3n) is 4.97. The highest BCUT2D eigenvalue weighted by atomic mass is 19.1. The van der Waals surface area contributed by atoms with E-state index in [2.05, 4.69) is 23.8 Å². The van der Waals surface area contributed by atoms with E-state index in [4.69, 9.17) is 4.74 Å². The average molecular weight is 387 g/mol. The van der Waals surface area contributed by atoms with E-state index in [1.165, 1.54) is 12.1 Å². The summed E-state index contributed by atoms with van der Waals surface area (Å²) in [6.07, 6.45) is 5.15. The summed E-state index contributed by atoms with van der Waals surface area (Å²) >= 11 is 0. The van der Waals surface area contributed by atoms with E-state index < -0.39 is 0 Å². The van der Waals surface area contributed by atoms with Crippen LogP contribution in [0.5, 0.6) is 0 Å². The monoisotopic (exact) mass is 387 g/mol. The summed E-state index contributed by atoms with van der Waals surface area (Å²) in [6, 6.07) is 6.49. The van der Waals surface area contributed by atoms with Gasteiger partial charge in [0.05, 0.1) is 19.3 Å². The summed E-state index contributed by atoms with van der Waals surface area (Å²) in [5, 5.41) is 6.42. The fourth-order valence-electron chi connectivity index (χ4n) is 3.36. The molecule has 2 atom stereocenters. The van der Waals surface area contributed by atoms with Gasteiger partial charge in [-0.1, -0.05) is 37.4 Å². The van der Waals surface area contributed by atoms with Gasteiger partial charge in [-0.2, -0.15) is 0 Å². The van der Waals surface area contributed by atoms with Gasteiger partial charge in [0, 0.05) is 25.7 Å². The Hall–Kier alpha value is -2.28. The van der Waals surface area contributed by atoms with Gasteiger partial charge in [-0.15, -0.1) is 0 Å². The van der Waals surface area contributed by atoms with Crippen LogP contribution in [0.4, 0.5) is 4.39 Å². The normalized spacial score (nSPS) is 22.6. The molecule has 1 unspecified atom stereocenters. The van der Waals surface area contributed by atoms with E-state index in [9.17, 15) is 9.18 Å². The maximum atomic E-state index is 13.0. The number of amides is 1. The number of benzene rings is 1. The second-order valence-electron chi connectivity index (χ2n) is 6.70. The van der Waals surface area contributed by atoms with Gasteiger partial charge in [0.2, 0.25) is 6.41 Å². The molecule has 0 aromatic heterocycles. The molecule has 1 aromatic rings. The number of likely N-dealkylation sites (N-methyl/N-ethyl adjacent to an activating group) is 1. The number of hydrogen-bond donors (Lipinski definition) is 2. The number of nitrogens with one attached hydrogen (secondary N) is 2. The van der Waals surface area contributed by atoms with Crippen LogP contribution < -0.4 is 10.6 Å². The number of rotatable bonds is 5. The van der Waals surface area contributed by atoms with Gasteiger partial charge >= 0.3 is 0 Å². The Balaban J connectivity index is 0.000000261. The Bertz CT molecular complexity index is 680. The van der Waals surface area contributed by atoms with Gasteiger partial charge in [-0.05, 0) is 42.3 Å². The summed E-state index contributed by atoms with van der Waals surface area (Å²) < 4.78 is 18.3. The molecular formula is C22H30FN3O2. The lowest BCUT2D eigenvalue weighted by atomic mass is 9.88. The lowest BCUT2D eigenvalue weighted by Crippen LogP contribution is -2.37. The zero-order valence-electron chi connectivity index (χ0n) is 16.5. The molecular weight excluding hydrogens is 357 g/mol. The maximum absolute atomic E-state index is 13.0. The van der Waals surface area contributed by atoms with E-state index >= 15 is 0 Å². The van der Waals surface area contributed by atoms with Crippen LogP contribution in [0.25, 0.3) is 0 Å². The molecule has 2 N–H and O–H groups in total. The molecule has 1 saturated heterocycles. The Kier molecular flexibility index (Phi) is 9.07. The van der Waals surface area contributed by atoms with Crippen molar-refractivity contribution >= 4 is 6.41 Å². The Morgan fingerprint density at radius 3 is 2.64 bits per heavy atom. The highest BCUT2D eigenvalue weighted by Crippen LogP contribution is 2.35. The standard InChI is InChI=1S/C16H16FNO.C6H14N2O/c1-3-12-9-10-18(11-19)16(15(12)4-2)13-5-7-14(17)8-6-13;1-7-6-4-8-2-3-9-5-6/h3-8,11,16H,1-2,9-10H2;6-8H,2-5H2,1H3/t16-;/m0./s1. The molecule has 0 radical (unpaired) electrons. The van der Waals surface area contributed by atoms with E-state index in [-0.39, 0.29) is 11.9 Å². The van der Waals surface area contributed by atoms with Crippen molar-refractivity contribution in [2.45, 2.75) is 18.5 Å². The van der Waals surface area contributed by atoms with Crippen molar-refractivity contribution in [2.75, 3.05) is 39.9 Å². The predicted molar refractivity (Wildman–Crippen MR) is 110 cm³/mol. The van der Waals surface area contributed by atoms with E-state index in [0.717, 1.165) is 55.8 Å². The van der Waals surface area contributed by atoms with Crippen LogP contribution in [0.1, 0.15) is 18.0 Å². The largest absolute Gasteiger partial charge is 0.378 e. The Morgan fingerprint density at radius 1 is 1.29 bits per heavy atom. The SMILES string of the molecule is C=CC1=C(C=C)[C@H](c2ccc(F)cc2)N(C=O)CC1.CNC1CNCCOC1. The minimum atomic E-state index is -0.287. The Morgan fingerprint density at radius 2 is 2.04 bits per heavy atom. The molecule has 2 heterocycles. The topological polar surface area (TPSA) is 53.6 Å². The molecule has 0 aliphatic carbocycles. The van der Waals surface area contributed by atoms with Crippen molar-refractivity contribution in [3.05, 3.63) is 72.1 Å². The zero-order chi connectivity index (χ0) is 20.4. The number of carbonyl (C=O) groups excluding carboxylic acids is 1. The van der Waals surface area contributed by atoms with Gasteiger partial charge in [0.15, 0.2) is 0 Å². The molecule has 3 rings (SSSR count). The minimum Gasteiger partial charge on any atom is -0.378 e. The van der Waals surface area contributed by atoms with Crippen molar-refractivity contribution in [2.24, 2.45) is 0 Å². The molecule has 0 spiro atoms. The van der Waals surface area contributed by atoms with Crippen LogP contribution in [0.2, 0.25) is 0 Å². The van der Waals surface area contributed by atoms with Crippen LogP contribution in [-0.2, 0) is 9.53 Å². The smallest absolute Gasteiger partial charge is 0.210 e. The first-order valence-corrected chi connectivity index (χ1v) is 9.54. The molecule has 152 valence electrons. The van der Waals surface area contributed by atoms with Crippen molar-refractivity contribution in [3.8, 4) is 0 Å². The first-order valence-electron chi connectivity index (χ1n) is 9.54. The molecule has 1 aromatic carbocycles.